The summed E-state index contributed by atoms with van der Waals surface area (Å²) >= 11 is 13.0. The molecule has 0 unspecified atom stereocenters. The molecule has 0 aliphatic heterocycles. The largest absolute Gasteiger partial charge is 0.383 e. The minimum atomic E-state index is -0.631. The van der Waals surface area contributed by atoms with Crippen LogP contribution in [-0.2, 0) is 0 Å². The average molecular weight is 515 g/mol. The van der Waals surface area contributed by atoms with Gasteiger partial charge in [0.1, 0.15) is 28.5 Å². The number of pyridine rings is 1. The number of nitrogen functional groups attached to an aromatic ring is 1. The molecular formula is C21H12Cl2N6O4S. The lowest BCUT2D eigenvalue weighted by Gasteiger charge is -2.13. The van der Waals surface area contributed by atoms with Crippen LogP contribution in [0, 0.1) is 43.3 Å². The zero-order chi connectivity index (χ0) is 25.4. The second-order valence-corrected chi connectivity index (χ2v) is 8.10. The molecule has 0 atom stereocenters. The number of ketones is 1. The first-order chi connectivity index (χ1) is 16.3. The molecule has 0 amide bonds. The summed E-state index contributed by atoms with van der Waals surface area (Å²) < 4.78 is 0. The number of nitro groups is 1. The molecule has 1 heterocycles. The lowest BCUT2D eigenvalue weighted by atomic mass is 9.97. The SMILES string of the molecule is N#Cc1c(N)nc(SCC(=O)c2cc([N+](=O)[O-])ccc2Cl)c(C#N)c1-c1cccc(Cl)c1.N=O. The highest BCUT2D eigenvalue weighted by atomic mass is 35.5. The van der Waals surface area contributed by atoms with E-state index in [2.05, 4.69) is 10.6 Å². The molecule has 1 aromatic heterocycles. The number of carbonyl (C=O) groups excluding carboxylic acids is 1. The van der Waals surface area contributed by atoms with Gasteiger partial charge >= 0.3 is 0 Å². The van der Waals surface area contributed by atoms with Gasteiger partial charge in [-0.05, 0) is 23.8 Å². The molecule has 0 radical (unpaired) electrons. The molecule has 10 nitrogen and oxygen atoms in total. The van der Waals surface area contributed by atoms with E-state index in [9.17, 15) is 25.4 Å². The molecule has 3 N–H and O–H groups in total. The zero-order valence-corrected chi connectivity index (χ0v) is 19.2. The Balaban J connectivity index is 0.00000199. The van der Waals surface area contributed by atoms with E-state index in [1.165, 1.54) is 12.1 Å². The number of carbonyl (C=O) groups is 1. The lowest BCUT2D eigenvalue weighted by Crippen LogP contribution is -2.07. The van der Waals surface area contributed by atoms with E-state index in [4.69, 9.17) is 33.8 Å². The number of non-ortho nitro benzene ring substituents is 1. The number of hydrogen-bond donors (Lipinski definition) is 2. The molecule has 170 valence electrons. The van der Waals surface area contributed by atoms with Crippen LogP contribution in [0.1, 0.15) is 21.5 Å². The van der Waals surface area contributed by atoms with Crippen molar-refractivity contribution in [1.29, 1.82) is 16.1 Å². The van der Waals surface area contributed by atoms with Gasteiger partial charge in [0.15, 0.2) is 5.78 Å². The summed E-state index contributed by atoms with van der Waals surface area (Å²) in [7, 11) is 0. The number of halogens is 2. The van der Waals surface area contributed by atoms with Crippen molar-refractivity contribution in [2.24, 2.45) is 0 Å². The highest BCUT2D eigenvalue weighted by Crippen LogP contribution is 2.37. The van der Waals surface area contributed by atoms with Crippen LogP contribution in [0.2, 0.25) is 10.0 Å². The maximum absolute atomic E-state index is 12.7. The van der Waals surface area contributed by atoms with Crippen LogP contribution < -0.4 is 5.73 Å². The van der Waals surface area contributed by atoms with Gasteiger partial charge in [-0.2, -0.15) is 15.4 Å². The molecule has 0 fully saturated rings. The number of nitriles is 2. The van der Waals surface area contributed by atoms with E-state index in [1.54, 1.807) is 24.3 Å². The van der Waals surface area contributed by atoms with Gasteiger partial charge in [-0.25, -0.2) is 4.98 Å². The minimum Gasteiger partial charge on any atom is -0.383 e. The Kier molecular flexibility index (Phi) is 9.04. The number of aromatic nitrogens is 1. The first-order valence-electron chi connectivity index (χ1n) is 8.96. The Morgan fingerprint density at radius 2 is 1.82 bits per heavy atom. The third kappa shape index (κ3) is 5.66. The smallest absolute Gasteiger partial charge is 0.270 e. The fraction of sp³-hybridized carbons (Fsp3) is 0.0476. The normalized spacial score (nSPS) is 9.76. The summed E-state index contributed by atoms with van der Waals surface area (Å²) in [4.78, 5) is 34.7. The third-order valence-corrected chi connectivity index (χ3v) is 5.87. The molecule has 2 aromatic carbocycles. The molecule has 0 aliphatic rings. The Morgan fingerprint density at radius 3 is 2.41 bits per heavy atom. The highest BCUT2D eigenvalue weighted by molar-refractivity contribution is 8.00. The van der Waals surface area contributed by atoms with Crippen LogP contribution >= 0.6 is 35.0 Å². The number of nitrogens with zero attached hydrogens (tertiary/aromatic N) is 4. The Morgan fingerprint density at radius 1 is 1.15 bits per heavy atom. The standard InChI is InChI=1S/C21H11Cl2N5O3S.HNO/c22-12-3-1-2-11(6-12)19-15(8-24)20(26)27-21(16(19)9-25)32-10-18(29)14-7-13(28(30)31)4-5-17(14)23;1-2/h1-7H,10H2,(H2,26,27);1H. The summed E-state index contributed by atoms with van der Waals surface area (Å²) in [5.41, 5.74) is 11.0. The van der Waals surface area contributed by atoms with Crippen molar-refractivity contribution in [3.05, 3.63) is 84.2 Å². The van der Waals surface area contributed by atoms with Crippen molar-refractivity contribution < 1.29 is 9.72 Å². The van der Waals surface area contributed by atoms with Gasteiger partial charge in [-0.1, -0.05) is 52.7 Å². The number of anilines is 1. The fourth-order valence-electron chi connectivity index (χ4n) is 2.89. The number of hydrogen-bond acceptors (Lipinski definition) is 10. The van der Waals surface area contributed by atoms with Gasteiger partial charge in [-0.3, -0.25) is 14.9 Å². The van der Waals surface area contributed by atoms with Crippen molar-refractivity contribution in [2.75, 3.05) is 11.5 Å². The van der Waals surface area contributed by atoms with Crippen molar-refractivity contribution in [3.63, 3.8) is 0 Å². The summed E-state index contributed by atoms with van der Waals surface area (Å²) in [6, 6.07) is 14.1. The Labute approximate surface area is 206 Å². The zero-order valence-electron chi connectivity index (χ0n) is 16.9. The summed E-state index contributed by atoms with van der Waals surface area (Å²) in [5, 5.41) is 31.0. The summed E-state index contributed by atoms with van der Waals surface area (Å²) in [6.45, 7) is 0. The number of rotatable bonds is 6. The van der Waals surface area contributed by atoms with Crippen LogP contribution in [0.3, 0.4) is 0 Å². The first-order valence-corrected chi connectivity index (χ1v) is 10.7. The maximum atomic E-state index is 12.7. The molecule has 0 saturated heterocycles. The Hall–Kier alpha value is -4.03. The highest BCUT2D eigenvalue weighted by Gasteiger charge is 2.22. The number of Topliss-reactive ketones (excluding diaryl/α,β-unsaturated/α-hetero) is 1. The maximum Gasteiger partial charge on any atom is 0.270 e. The van der Waals surface area contributed by atoms with Crippen LogP contribution in [-0.4, -0.2) is 21.4 Å². The minimum absolute atomic E-state index is 0.0150. The predicted octanol–water partition coefficient (Wildman–Crippen LogP) is 5.60. The van der Waals surface area contributed by atoms with Gasteiger partial charge in [0, 0.05) is 28.3 Å². The molecule has 13 heteroatoms. The van der Waals surface area contributed by atoms with Crippen LogP contribution in [0.5, 0.6) is 0 Å². The van der Waals surface area contributed by atoms with Gasteiger partial charge in [0.2, 0.25) is 0 Å². The van der Waals surface area contributed by atoms with Crippen molar-refractivity contribution in [2.45, 2.75) is 5.03 Å². The average Bonchev–Trinajstić information content (AvgIpc) is 2.83. The van der Waals surface area contributed by atoms with E-state index >= 15 is 0 Å². The van der Waals surface area contributed by atoms with E-state index < -0.39 is 10.7 Å². The van der Waals surface area contributed by atoms with E-state index in [-0.39, 0.29) is 49.6 Å². The lowest BCUT2D eigenvalue weighted by molar-refractivity contribution is -0.384. The quantitative estimate of drug-likeness (QED) is 0.138. The molecule has 34 heavy (non-hydrogen) atoms. The summed E-state index contributed by atoms with van der Waals surface area (Å²) in [6.07, 6.45) is 0. The van der Waals surface area contributed by atoms with Gasteiger partial charge in [0.25, 0.3) is 5.69 Å². The van der Waals surface area contributed by atoms with Crippen molar-refractivity contribution in [3.8, 4) is 23.3 Å². The number of nitrogens with one attached hydrogen (secondary N) is 1. The van der Waals surface area contributed by atoms with Crippen molar-refractivity contribution in [1.82, 2.24) is 4.98 Å². The monoisotopic (exact) mass is 514 g/mol. The molecule has 0 saturated carbocycles. The molecule has 0 spiro atoms. The number of nitroso groups, excluding NO2 is 1. The van der Waals surface area contributed by atoms with E-state index in [1.807, 2.05) is 12.1 Å². The number of benzene rings is 2. The molecule has 3 rings (SSSR count). The predicted molar refractivity (Wildman–Crippen MR) is 128 cm³/mol. The second kappa shape index (κ2) is 11.7. The van der Waals surface area contributed by atoms with Crippen LogP contribution in [0.25, 0.3) is 11.1 Å². The fourth-order valence-corrected chi connectivity index (χ4v) is 4.18. The molecule has 3 aromatic rings. The second-order valence-electron chi connectivity index (χ2n) is 6.29. The van der Waals surface area contributed by atoms with Crippen LogP contribution in [0.4, 0.5) is 11.5 Å². The van der Waals surface area contributed by atoms with Crippen LogP contribution in [0.15, 0.2) is 47.5 Å². The number of thioether (sulfide) groups is 1. The van der Waals surface area contributed by atoms with Gasteiger partial charge in [0.05, 0.1) is 21.3 Å². The molecular weight excluding hydrogens is 503 g/mol. The Bertz CT molecular complexity index is 1370. The van der Waals surface area contributed by atoms with Gasteiger partial charge in [-0.15, -0.1) is 0 Å². The van der Waals surface area contributed by atoms with Gasteiger partial charge < -0.3 is 5.73 Å². The van der Waals surface area contributed by atoms with E-state index in [0.717, 1.165) is 17.8 Å². The topological polar surface area (TPSA) is 188 Å². The first kappa shape index (κ1) is 26.2. The van der Waals surface area contributed by atoms with E-state index in [0.29, 0.717) is 10.6 Å². The third-order valence-electron chi connectivity index (χ3n) is 4.33. The molecule has 0 aliphatic carbocycles. The summed E-state index contributed by atoms with van der Waals surface area (Å²) in [5.74, 6) is -0.825. The number of nitrogens with two attached hydrogens (primary N) is 1. The number of nitro benzene ring substituents is 1. The molecule has 0 bridgehead atoms. The van der Waals surface area contributed by atoms with Crippen molar-refractivity contribution >= 4 is 52.3 Å².